The minimum Gasteiger partial charge on any atom is -0.368 e. The molecule has 2 rings (SSSR count). The van der Waals surface area contributed by atoms with E-state index in [1.165, 1.54) is 0 Å². The van der Waals surface area contributed by atoms with Gasteiger partial charge in [0.15, 0.2) is 24.8 Å². The van der Waals surface area contributed by atoms with Gasteiger partial charge in [-0.25, -0.2) is 33.5 Å². The molecule has 2 aliphatic rings. The van der Waals surface area contributed by atoms with Crippen LogP contribution in [0.15, 0.2) is 0 Å². The molecular formula is C36H68N2Na16O70S16. The van der Waals surface area contributed by atoms with Gasteiger partial charge in [-0.15, -0.1) is 0 Å². The third kappa shape index (κ3) is 49.3. The molecule has 2 heterocycles. The van der Waals surface area contributed by atoms with Crippen molar-refractivity contribution in [2.75, 3.05) is 39.5 Å². The fourth-order valence-electron chi connectivity index (χ4n) is 10.8. The van der Waals surface area contributed by atoms with Crippen LogP contribution in [0.4, 0.5) is 0 Å². The fourth-order valence-corrected chi connectivity index (χ4v) is 25.4. The molecule has 0 aliphatic carbocycles. The molecular weight excluding hydrogens is 2460 g/mol. The first-order chi connectivity index (χ1) is 54.5. The van der Waals surface area contributed by atoms with E-state index in [0.717, 1.165) is 10.6 Å². The van der Waals surface area contributed by atoms with E-state index >= 15 is 0 Å². The van der Waals surface area contributed by atoms with Gasteiger partial charge in [0.05, 0.1) is 13.2 Å². The molecule has 26 N–H and O–H groups in total. The summed E-state index contributed by atoms with van der Waals surface area (Å²) in [5.41, 5.74) is 0. The minimum atomic E-state index is -8.32. The summed E-state index contributed by atoms with van der Waals surface area (Å²) in [6.45, 7) is -14.6. The molecule has 0 spiro atoms. The number of rotatable bonds is 53. The minimum absolute atomic E-state index is 0. The van der Waals surface area contributed by atoms with Crippen LogP contribution in [0, 0.1) is 0 Å². The molecule has 0 aromatic heterocycles. The maximum atomic E-state index is 13.7. The van der Waals surface area contributed by atoms with E-state index in [9.17, 15) is 249 Å². The Kier molecular flexibility index (Phi) is 92.0. The molecule has 140 heavy (non-hydrogen) atoms. The summed E-state index contributed by atoms with van der Waals surface area (Å²) in [7, 11) is -116. The van der Waals surface area contributed by atoms with Crippen LogP contribution >= 0.6 is 0 Å². The summed E-state index contributed by atoms with van der Waals surface area (Å²) in [5.74, 6) is -6.92. The second-order valence-corrected chi connectivity index (χ2v) is 45.3. The quantitative estimate of drug-likeness (QED) is 0.0153. The van der Waals surface area contributed by atoms with Crippen LogP contribution in [-0.2, 0) is 226 Å². The molecule has 0 aromatic carbocycles. The van der Waals surface area contributed by atoms with E-state index in [1.54, 1.807) is 0 Å². The number of aliphatic hydroxyl groups is 8. The topological polar surface area (TPSA) is 1200 Å². The zero-order chi connectivity index (χ0) is 98.1. The standard InChI is InChI=1S/C36H68N2O70S16.16Na/c39-27(31(43,111(55,56)57)35(47,115(67,68)69)33(45,113(61,62)63)29(41,109(49,50)51)15-97-25-23(107-123(91,92)93)21(105-121(85,86)87)19(103-119(79,80)81)17(101-25)13-99-117(73,74)75)37-11-9-7-5-3-1-2-4-6-8-10-12-38-28(40)32(44,112(58,59)60)36(48,116(70,71)72)34(46,114(64,65)66)30(42,110(52,53)54)16-98-26-24(108-124(94,95)96)22(106-122(88,89)90)20(104-120(82,83)84)18(102-26)14-100-118(76,77)78;;;;;;;;;;;;;;;;/h17-26,41-48H,1-16H2,(H,37,39)(H,38,40)(H,49,50,51)(H,52,53,54)(H,55,56,57)(H,58,59,60)(H,61,62,63)(H,64,65,66)(H,67,68,69)(H,70,71,72)(H,73,74,75)(H,76,77,78)(H,79,80,81)(H,82,83,84)(H,85,86,87)(H,88,89,90)(H,91,92,93)(H,94,95,96);;;;;;;;;;;;;;;;/t17-,18-,19+,20+,21+,22+,23-,24-,25+,26+,29+,30+,31-,32-,33+,34+,35+,36+;;;;;;;;;;;;;;;;/m1................/s1. The van der Waals surface area contributed by atoms with Crippen LogP contribution in [0.25, 0.3) is 0 Å². The van der Waals surface area contributed by atoms with Crippen LogP contribution in [0.5, 0.6) is 0 Å². The number of unbranched alkanes of at least 4 members (excludes halogenated alkanes) is 9. The maximum Gasteiger partial charge on any atom is 0.397 e. The van der Waals surface area contributed by atoms with Gasteiger partial charge < -0.3 is 70.4 Å². The molecule has 0 unspecified atom stereocenters. The molecule has 2 saturated heterocycles. The van der Waals surface area contributed by atoms with Crippen molar-refractivity contribution in [3.05, 3.63) is 0 Å². The number of hydrogen-bond acceptors (Lipinski definition) is 54. The molecule has 2 amide bonds. The van der Waals surface area contributed by atoms with E-state index in [-0.39, 0.29) is 524 Å². The van der Waals surface area contributed by atoms with Gasteiger partial charge in [0.25, 0.3) is 41.4 Å². The van der Waals surface area contributed by atoms with Crippen molar-refractivity contribution in [1.82, 2.24) is 10.6 Å². The molecule has 2 aliphatic heterocycles. The first-order valence-corrected chi connectivity index (χ1v) is 52.7. The summed E-state index contributed by atoms with van der Waals surface area (Å²) in [4.78, 5) is -27.7. The van der Waals surface area contributed by atoms with Crippen LogP contribution in [0.1, 0.15) is 64.2 Å². The Morgan fingerprint density at radius 2 is 0.414 bits per heavy atom. The predicted molar refractivity (Wildman–Crippen MR) is 459 cm³/mol. The smallest absolute Gasteiger partial charge is 0.368 e. The summed E-state index contributed by atoms with van der Waals surface area (Å²) >= 11 is 0. The van der Waals surface area contributed by atoms with Crippen LogP contribution < -0.4 is 10.6 Å². The molecule has 72 nitrogen and oxygen atoms in total. The Morgan fingerprint density at radius 3 is 0.579 bits per heavy atom. The number of amides is 2. The van der Waals surface area contributed by atoms with E-state index in [1.807, 2.05) is 0 Å². The zero-order valence-electron chi connectivity index (χ0n) is 75.1. The fraction of sp³-hybridized carbons (Fsp3) is 0.944. The van der Waals surface area contributed by atoms with Gasteiger partial charge in [0.1, 0.15) is 49.8 Å². The molecule has 754 valence electrons. The number of nitrogens with one attached hydrogen (secondary N) is 2. The number of hydrogen-bond donors (Lipinski definition) is 26. The largest absolute Gasteiger partial charge is 0.397 e. The predicted octanol–water partition coefficient (Wildman–Crippen LogP) is -22.1. The monoisotopic (exact) mass is 2530 g/mol. The van der Waals surface area contributed by atoms with E-state index in [2.05, 4.69) is 52.4 Å². The molecule has 0 bridgehead atoms. The first-order valence-electron chi connectivity index (χ1n) is 30.3. The number of carbonyl (C=O) groups is 2. The Hall–Kier alpha value is 12.7. The molecule has 0 saturated carbocycles. The maximum absolute atomic E-state index is 13.7. The van der Waals surface area contributed by atoms with Gasteiger partial charge in [0, 0.05) is 486 Å². The average molecular weight is 2530 g/mol. The molecule has 16 radical (unpaired) electrons. The summed E-state index contributed by atoms with van der Waals surface area (Å²) in [6, 6.07) is 0. The van der Waals surface area contributed by atoms with Crippen molar-refractivity contribution in [3.63, 3.8) is 0 Å². The third-order valence-corrected chi connectivity index (χ3v) is 30.9. The van der Waals surface area contributed by atoms with Gasteiger partial charge in [0.2, 0.25) is 0 Å². The molecule has 18 atom stereocenters. The average Bonchev–Trinajstić information content (AvgIpc) is 0.666. The van der Waals surface area contributed by atoms with Gasteiger partial charge in [-0.2, -0.15) is 135 Å². The van der Waals surface area contributed by atoms with E-state index in [4.69, 9.17) is 9.11 Å². The summed E-state index contributed by atoms with van der Waals surface area (Å²) < 4.78 is 604. The van der Waals surface area contributed by atoms with Gasteiger partial charge in [-0.3, -0.25) is 82.4 Å². The first kappa shape index (κ1) is 185. The van der Waals surface area contributed by atoms with Crippen LogP contribution in [-0.4, -0.2) is 874 Å². The van der Waals surface area contributed by atoms with Crippen molar-refractivity contribution in [2.45, 2.75) is 165 Å². The Bertz CT molecular complexity index is 5580. The van der Waals surface area contributed by atoms with Crippen molar-refractivity contribution in [3.8, 4) is 0 Å². The van der Waals surface area contributed by atoms with E-state index in [0.29, 0.717) is 0 Å². The van der Waals surface area contributed by atoms with Crippen molar-refractivity contribution in [2.24, 2.45) is 0 Å². The van der Waals surface area contributed by atoms with Crippen molar-refractivity contribution in [1.29, 1.82) is 0 Å². The SMILES string of the molecule is O=C(NCCCCCCCCCCCCNC(=O)[C@](O)([C@@](O)([C@](O)([C@](O)(CO[C@H]1O[C@H](COS(=O)(=O)O)[C@H](OS(=O)(=O)O)[C@H](OS(=O)(=O)O)[C@H]1OS(=O)(=O)O)S(=O)(=O)O)S(=O)(=O)O)S(=O)(=O)O)S(=O)(=O)O)[C@](O)([C@@](O)([C@](O)([C@](O)(CO[C@H]1O[C@H](COS(=O)(=O)O)[C@H](OS(=O)(=O)O)[C@H](OS(=O)(=O)O)[C@H]1OS(=O)(=O)O)S(=O)(=O)O)S(=O)(=O)O)S(=O)(=O)O)S(=O)(=O)O.[Na].[Na].[Na].[Na].[Na].[Na].[Na].[Na].[Na].[Na].[Na].[Na].[Na].[Na].[Na].[Na]. The van der Waals surface area contributed by atoms with Crippen molar-refractivity contribution < 1.29 is 310 Å². The van der Waals surface area contributed by atoms with E-state index < -0.39 is 329 Å². The Labute approximate surface area is 1150 Å². The van der Waals surface area contributed by atoms with Crippen LogP contribution in [0.2, 0.25) is 0 Å². The van der Waals surface area contributed by atoms with Gasteiger partial charge in [-0.05, 0) is 12.8 Å². The summed E-state index contributed by atoms with van der Waals surface area (Å²) in [5, 5.41) is 94.3. The number of ether oxygens (including phenoxy) is 4. The second-order valence-electron chi connectivity index (χ2n) is 24.3. The van der Waals surface area contributed by atoms with Crippen LogP contribution in [0.3, 0.4) is 0 Å². The third-order valence-electron chi connectivity index (χ3n) is 16.0. The zero-order valence-corrected chi connectivity index (χ0v) is 120. The molecule has 0 aromatic rings. The summed E-state index contributed by atoms with van der Waals surface area (Å²) in [6.07, 6.45) is -39.2. The Balaban J connectivity index is -0.000000751. The molecule has 104 heteroatoms. The Morgan fingerprint density at radius 1 is 0.236 bits per heavy atom. The molecule has 2 fully saturated rings. The van der Waals surface area contributed by atoms with Gasteiger partial charge >= 0.3 is 174 Å². The van der Waals surface area contributed by atoms with Gasteiger partial charge in [-0.1, -0.05) is 51.4 Å². The normalized spacial score (nSPS) is 22.6. The second kappa shape index (κ2) is 69.5. The van der Waals surface area contributed by atoms with Crippen molar-refractivity contribution >= 4 is 649 Å². The number of carbonyl (C=O) groups excluding carboxylic acids is 2.